The molecule has 20 heavy (non-hydrogen) atoms. The number of para-hydroxylation sites is 1. The highest BCUT2D eigenvalue weighted by atomic mass is 31.2. The highest BCUT2D eigenvalue weighted by Crippen LogP contribution is 2.47. The third-order valence-corrected chi connectivity index (χ3v) is 3.47. The van der Waals surface area contributed by atoms with E-state index in [0.717, 1.165) is 17.6 Å². The van der Waals surface area contributed by atoms with Gasteiger partial charge >= 0.3 is 7.76 Å². The number of fused-ring (bicyclic) bond motifs is 1. The minimum Gasteiger partial charge on any atom is -0.256 e. The van der Waals surface area contributed by atoms with Crippen LogP contribution in [0.3, 0.4) is 0 Å². The molecule has 2 aromatic carbocycles. The lowest BCUT2D eigenvalue weighted by molar-refractivity contribution is 0.507. The summed E-state index contributed by atoms with van der Waals surface area (Å²) in [5, 5.41) is 0.819. The van der Waals surface area contributed by atoms with Gasteiger partial charge in [-0.1, -0.05) is 42.5 Å². The van der Waals surface area contributed by atoms with Gasteiger partial charge in [-0.25, -0.2) is 4.57 Å². The Kier molecular flexibility index (Phi) is 4.59. The summed E-state index contributed by atoms with van der Waals surface area (Å²) in [5.74, 6) is 0. The molecular weight excluding hydrogens is 279 g/mol. The number of hydrogen-bond acceptors (Lipinski definition) is 2. The first kappa shape index (κ1) is 14.4. The van der Waals surface area contributed by atoms with Gasteiger partial charge in [-0.2, -0.15) is 0 Å². The van der Waals surface area contributed by atoms with E-state index in [4.69, 9.17) is 0 Å². The molecule has 0 unspecified atom stereocenters. The lowest BCUT2D eigenvalue weighted by Gasteiger charge is -1.95. The Labute approximate surface area is 115 Å². The largest absolute Gasteiger partial charge is 0.433 e. The summed E-state index contributed by atoms with van der Waals surface area (Å²) in [6, 6.07) is 18.9. The normalized spacial score (nSPS) is 10.7. The van der Waals surface area contributed by atoms with Crippen molar-refractivity contribution in [3.63, 3.8) is 0 Å². The van der Waals surface area contributed by atoms with E-state index in [1.807, 2.05) is 30.5 Å². The first-order valence-electron chi connectivity index (χ1n) is 5.92. The summed E-state index contributed by atoms with van der Waals surface area (Å²) in [7, 11) is -5.02. The van der Waals surface area contributed by atoms with E-state index in [1.54, 1.807) is 6.07 Å². The van der Waals surface area contributed by atoms with Crippen LogP contribution in [0.2, 0.25) is 0 Å². The summed E-state index contributed by atoms with van der Waals surface area (Å²) < 4.78 is 34.1. The second kappa shape index (κ2) is 6.40. The van der Waals surface area contributed by atoms with Crippen LogP contribution in [0.5, 0.6) is 0 Å². The molecule has 2 nitrogen and oxygen atoms in total. The summed E-state index contributed by atoms with van der Waals surface area (Å²) in [6.45, 7) is 0. The molecule has 3 aromatic rings. The van der Waals surface area contributed by atoms with Crippen molar-refractivity contribution in [2.24, 2.45) is 0 Å². The molecule has 0 saturated carbocycles. The van der Waals surface area contributed by atoms with Crippen LogP contribution < -0.4 is 5.30 Å². The van der Waals surface area contributed by atoms with E-state index < -0.39 is 7.76 Å². The van der Waals surface area contributed by atoms with Gasteiger partial charge in [0.15, 0.2) is 0 Å². The monoisotopic (exact) mass is 291 g/mol. The van der Waals surface area contributed by atoms with Crippen molar-refractivity contribution in [1.29, 1.82) is 0 Å². The maximum absolute atomic E-state index is 12.0. The van der Waals surface area contributed by atoms with Crippen molar-refractivity contribution in [2.75, 3.05) is 0 Å². The van der Waals surface area contributed by atoms with Crippen LogP contribution >= 0.6 is 7.76 Å². The molecule has 0 aliphatic rings. The number of rotatable bonds is 1. The van der Waals surface area contributed by atoms with Gasteiger partial charge in [0.1, 0.15) is 0 Å². The predicted octanol–water partition coefficient (Wildman–Crippen LogP) is 4.68. The van der Waals surface area contributed by atoms with E-state index in [2.05, 4.69) is 17.1 Å². The van der Waals surface area contributed by atoms with Gasteiger partial charge < -0.3 is 0 Å². The van der Waals surface area contributed by atoms with E-state index >= 15 is 0 Å². The molecular formula is C15H12F2NOP. The third-order valence-electron chi connectivity index (χ3n) is 2.57. The zero-order chi connectivity index (χ0) is 14.4. The van der Waals surface area contributed by atoms with E-state index in [1.165, 1.54) is 17.5 Å². The van der Waals surface area contributed by atoms with Gasteiger partial charge in [0.25, 0.3) is 0 Å². The van der Waals surface area contributed by atoms with Crippen LogP contribution in [0, 0.1) is 0 Å². The first-order chi connectivity index (χ1) is 9.57. The average molecular weight is 291 g/mol. The molecule has 0 N–H and O–H groups in total. The predicted molar refractivity (Wildman–Crippen MR) is 77.6 cm³/mol. The highest BCUT2D eigenvalue weighted by Gasteiger charge is 2.20. The fraction of sp³-hybridized carbons (Fsp3) is 0. The molecule has 0 aliphatic carbocycles. The lowest BCUT2D eigenvalue weighted by Crippen LogP contribution is -1.94. The molecule has 0 spiro atoms. The van der Waals surface area contributed by atoms with E-state index in [9.17, 15) is 13.0 Å². The highest BCUT2D eigenvalue weighted by molar-refractivity contribution is 7.61. The molecule has 0 amide bonds. The maximum atomic E-state index is 12.0. The zero-order valence-electron chi connectivity index (χ0n) is 10.5. The smallest absolute Gasteiger partial charge is 0.256 e. The van der Waals surface area contributed by atoms with Gasteiger partial charge in [-0.3, -0.25) is 4.98 Å². The molecule has 102 valence electrons. The van der Waals surface area contributed by atoms with Crippen LogP contribution in [-0.2, 0) is 4.57 Å². The van der Waals surface area contributed by atoms with Gasteiger partial charge in [0, 0.05) is 11.6 Å². The van der Waals surface area contributed by atoms with Gasteiger partial charge in [0.05, 0.1) is 10.8 Å². The summed E-state index contributed by atoms with van der Waals surface area (Å²) in [6.07, 6.45) is 1.81. The maximum Gasteiger partial charge on any atom is 0.433 e. The minimum absolute atomic E-state index is 0.380. The minimum atomic E-state index is -5.02. The average Bonchev–Trinajstić information content (AvgIpc) is 2.48. The second-order valence-electron chi connectivity index (χ2n) is 3.99. The SMILES string of the molecule is O=P(F)(F)c1ccccc1.c1ccc2ncccc2c1. The van der Waals surface area contributed by atoms with Crippen LogP contribution in [-0.4, -0.2) is 4.98 Å². The van der Waals surface area contributed by atoms with Crippen molar-refractivity contribution in [1.82, 2.24) is 4.98 Å². The Balaban J connectivity index is 0.000000147. The molecule has 0 saturated heterocycles. The Bertz CT molecular complexity index is 663. The fourth-order valence-electron chi connectivity index (χ4n) is 1.62. The number of halogens is 2. The fourth-order valence-corrected chi connectivity index (χ4v) is 2.14. The molecule has 0 aliphatic heterocycles. The van der Waals surface area contributed by atoms with Crippen LogP contribution in [0.1, 0.15) is 0 Å². The van der Waals surface area contributed by atoms with Crippen molar-refractivity contribution in [2.45, 2.75) is 0 Å². The molecule has 0 fully saturated rings. The topological polar surface area (TPSA) is 30.0 Å². The first-order valence-corrected chi connectivity index (χ1v) is 7.41. The number of aromatic nitrogens is 1. The van der Waals surface area contributed by atoms with E-state index in [0.29, 0.717) is 0 Å². The van der Waals surface area contributed by atoms with E-state index in [-0.39, 0.29) is 5.30 Å². The number of pyridine rings is 1. The van der Waals surface area contributed by atoms with Crippen LogP contribution in [0.4, 0.5) is 8.39 Å². The van der Waals surface area contributed by atoms with Crippen molar-refractivity contribution >= 4 is 24.0 Å². The molecule has 0 bridgehead atoms. The van der Waals surface area contributed by atoms with Crippen molar-refractivity contribution in [3.05, 3.63) is 72.9 Å². The van der Waals surface area contributed by atoms with Gasteiger partial charge in [0.2, 0.25) is 0 Å². The Morgan fingerprint density at radius 2 is 1.40 bits per heavy atom. The zero-order valence-corrected chi connectivity index (χ0v) is 11.4. The molecule has 0 atom stereocenters. The quantitative estimate of drug-likeness (QED) is 0.609. The molecule has 0 radical (unpaired) electrons. The standard InChI is InChI=1S/C9H7N.C6H5F2OP/c1-2-6-9-8(4-1)5-3-7-10-9;7-10(8,9)6-4-2-1-3-5-6/h1-7H;1-5H. The molecule has 3 rings (SSSR count). The Morgan fingerprint density at radius 1 is 0.800 bits per heavy atom. The number of nitrogens with zero attached hydrogens (tertiary/aromatic N) is 1. The second-order valence-corrected chi connectivity index (χ2v) is 5.43. The van der Waals surface area contributed by atoms with Crippen molar-refractivity contribution in [3.8, 4) is 0 Å². The van der Waals surface area contributed by atoms with Crippen LogP contribution in [0.25, 0.3) is 10.9 Å². The third kappa shape index (κ3) is 3.97. The van der Waals surface area contributed by atoms with Gasteiger partial charge in [-0.05, 0) is 24.3 Å². The molecule has 1 heterocycles. The number of hydrogen-bond donors (Lipinski definition) is 0. The Morgan fingerprint density at radius 3 is 2.00 bits per heavy atom. The van der Waals surface area contributed by atoms with Crippen LogP contribution in [0.15, 0.2) is 72.9 Å². The lowest BCUT2D eigenvalue weighted by atomic mass is 10.2. The van der Waals surface area contributed by atoms with Crippen molar-refractivity contribution < 1.29 is 13.0 Å². The summed E-state index contributed by atoms with van der Waals surface area (Å²) in [4.78, 5) is 4.18. The van der Waals surface area contributed by atoms with Gasteiger partial charge in [-0.15, -0.1) is 8.39 Å². The number of benzene rings is 2. The summed E-state index contributed by atoms with van der Waals surface area (Å²) in [5.41, 5.74) is 1.06. The molecule has 5 heteroatoms. The molecule has 1 aromatic heterocycles. The Hall–Kier alpha value is -2.06. The summed E-state index contributed by atoms with van der Waals surface area (Å²) >= 11 is 0.